The number of likely N-dealkylation sites (N-methyl/N-ethyl adjacent to an activating group) is 1. The van der Waals surface area contributed by atoms with Crippen LogP contribution in [0.1, 0.15) is 11.1 Å². The molecule has 0 atom stereocenters. The van der Waals surface area contributed by atoms with Crippen molar-refractivity contribution in [2.45, 2.75) is 12.3 Å². The number of hydrogen-bond acceptors (Lipinski definition) is 5. The zero-order valence-corrected chi connectivity index (χ0v) is 14.8. The van der Waals surface area contributed by atoms with Crippen molar-refractivity contribution in [2.75, 3.05) is 13.6 Å². The molecule has 0 N–H and O–H groups in total. The first-order valence-electron chi connectivity index (χ1n) is 8.23. The first kappa shape index (κ1) is 16.8. The Kier molecular flexibility index (Phi) is 4.05. The molecular formula is C20H16ClNO4. The van der Waals surface area contributed by atoms with Crippen molar-refractivity contribution in [1.82, 2.24) is 4.90 Å². The van der Waals surface area contributed by atoms with E-state index in [1.54, 1.807) is 24.1 Å². The second kappa shape index (κ2) is 6.27. The zero-order valence-electron chi connectivity index (χ0n) is 14.1. The molecule has 0 saturated heterocycles. The van der Waals surface area contributed by atoms with Gasteiger partial charge in [-0.25, -0.2) is 14.5 Å². The second-order valence-corrected chi connectivity index (χ2v) is 6.71. The number of esters is 2. The predicted octanol–water partition coefficient (Wildman–Crippen LogP) is 3.26. The van der Waals surface area contributed by atoms with Crippen LogP contribution in [0.5, 0.6) is 0 Å². The van der Waals surface area contributed by atoms with Gasteiger partial charge in [0.15, 0.2) is 0 Å². The van der Waals surface area contributed by atoms with Crippen molar-refractivity contribution in [3.05, 3.63) is 70.8 Å². The van der Waals surface area contributed by atoms with Crippen LogP contribution in [0.2, 0.25) is 5.02 Å². The highest BCUT2D eigenvalue weighted by molar-refractivity contribution is 6.30. The third kappa shape index (κ3) is 2.69. The maximum atomic E-state index is 12.2. The van der Waals surface area contributed by atoms with Crippen molar-refractivity contribution in [1.29, 1.82) is 0 Å². The number of hydrogen-bond donors (Lipinski definition) is 0. The summed E-state index contributed by atoms with van der Waals surface area (Å²) in [5.74, 6) is -2.84. The molecule has 2 aliphatic rings. The van der Waals surface area contributed by atoms with Crippen LogP contribution in [0.4, 0.5) is 0 Å². The van der Waals surface area contributed by atoms with Gasteiger partial charge in [0.25, 0.3) is 0 Å². The van der Waals surface area contributed by atoms with E-state index in [2.05, 4.69) is 0 Å². The number of fused-ring (bicyclic) bond motifs is 2. The number of carbonyl (C=O) groups is 2. The summed E-state index contributed by atoms with van der Waals surface area (Å²) < 4.78 is 11.3. The van der Waals surface area contributed by atoms with E-state index in [1.165, 1.54) is 0 Å². The number of rotatable bonds is 1. The van der Waals surface area contributed by atoms with Gasteiger partial charge in [-0.15, -0.1) is 0 Å². The van der Waals surface area contributed by atoms with Gasteiger partial charge in [-0.2, -0.15) is 0 Å². The number of halogens is 1. The molecule has 0 radical (unpaired) electrons. The lowest BCUT2D eigenvalue weighted by Gasteiger charge is -2.43. The third-order valence-electron chi connectivity index (χ3n) is 4.67. The average Bonchev–Trinajstić information content (AvgIpc) is 2.78. The quantitative estimate of drug-likeness (QED) is 0.722. The first-order valence-corrected chi connectivity index (χ1v) is 8.61. The largest absolute Gasteiger partial charge is 0.401 e. The molecule has 2 aromatic rings. The molecule has 0 unspecified atom stereocenters. The van der Waals surface area contributed by atoms with E-state index in [-0.39, 0.29) is 0 Å². The van der Waals surface area contributed by atoms with E-state index < -0.39 is 17.8 Å². The summed E-state index contributed by atoms with van der Waals surface area (Å²) in [4.78, 5) is 26.1. The van der Waals surface area contributed by atoms with E-state index in [1.807, 2.05) is 30.3 Å². The highest BCUT2D eigenvalue weighted by Crippen LogP contribution is 2.43. The van der Waals surface area contributed by atoms with E-state index in [0.717, 1.165) is 35.3 Å². The number of nitrogens with zero attached hydrogens (tertiary/aromatic N) is 1. The molecule has 2 heterocycles. The molecule has 6 heteroatoms. The summed E-state index contributed by atoms with van der Waals surface area (Å²) in [6.45, 7) is 0.581. The highest BCUT2D eigenvalue weighted by atomic mass is 35.5. The molecule has 26 heavy (non-hydrogen) atoms. The molecule has 1 spiro atoms. The van der Waals surface area contributed by atoms with Gasteiger partial charge in [0.2, 0.25) is 0 Å². The molecule has 2 aromatic carbocycles. The Balaban J connectivity index is 1.96. The predicted molar refractivity (Wildman–Crippen MR) is 96.2 cm³/mol. The normalized spacial score (nSPS) is 18.8. The fourth-order valence-electron chi connectivity index (χ4n) is 3.43. The maximum absolute atomic E-state index is 12.2. The van der Waals surface area contributed by atoms with E-state index >= 15 is 0 Å². The van der Waals surface area contributed by atoms with Gasteiger partial charge in [0, 0.05) is 23.7 Å². The Labute approximate surface area is 155 Å². The van der Waals surface area contributed by atoms with Gasteiger partial charge in [-0.05, 0) is 42.3 Å². The van der Waals surface area contributed by atoms with Crippen molar-refractivity contribution in [3.8, 4) is 11.1 Å². The molecule has 0 fully saturated rings. The fourth-order valence-corrected chi connectivity index (χ4v) is 3.56. The molecule has 5 nitrogen and oxygen atoms in total. The monoisotopic (exact) mass is 369 g/mol. The van der Waals surface area contributed by atoms with Crippen LogP contribution in [0.25, 0.3) is 11.1 Å². The second-order valence-electron chi connectivity index (χ2n) is 6.28. The summed E-state index contributed by atoms with van der Waals surface area (Å²) in [6, 6.07) is 13.2. The van der Waals surface area contributed by atoms with Crippen LogP contribution in [-0.2, 0) is 31.4 Å². The van der Waals surface area contributed by atoms with Gasteiger partial charge in [0.1, 0.15) is 0 Å². The molecule has 0 amide bonds. The van der Waals surface area contributed by atoms with Crippen molar-refractivity contribution in [2.24, 2.45) is 0 Å². The van der Waals surface area contributed by atoms with Gasteiger partial charge >= 0.3 is 17.8 Å². The van der Waals surface area contributed by atoms with Crippen LogP contribution in [0.3, 0.4) is 0 Å². The molecule has 132 valence electrons. The minimum Gasteiger partial charge on any atom is -0.401 e. The minimum atomic E-state index is -1.60. The van der Waals surface area contributed by atoms with E-state index in [4.69, 9.17) is 21.1 Å². The maximum Gasteiger partial charge on any atom is 0.350 e. The minimum absolute atomic E-state index is 0.581. The number of carbonyl (C=O) groups excluding carboxylic acids is 2. The average molecular weight is 370 g/mol. The third-order valence-corrected chi connectivity index (χ3v) is 4.93. The molecule has 0 bridgehead atoms. The van der Waals surface area contributed by atoms with Crippen LogP contribution in [0.15, 0.2) is 54.6 Å². The van der Waals surface area contributed by atoms with Gasteiger partial charge in [-0.3, -0.25) is 0 Å². The van der Waals surface area contributed by atoms with Crippen LogP contribution >= 0.6 is 11.6 Å². The molecule has 4 rings (SSSR count). The van der Waals surface area contributed by atoms with Crippen molar-refractivity contribution < 1.29 is 19.1 Å². The van der Waals surface area contributed by atoms with E-state index in [0.29, 0.717) is 17.1 Å². The number of ether oxygens (including phenoxy) is 2. The fraction of sp³-hybridized carbons (Fsp3) is 0.200. The summed E-state index contributed by atoms with van der Waals surface area (Å²) >= 11 is 6.01. The topological polar surface area (TPSA) is 55.8 Å². The van der Waals surface area contributed by atoms with Crippen LogP contribution in [0, 0.1) is 0 Å². The van der Waals surface area contributed by atoms with Crippen LogP contribution < -0.4 is 0 Å². The smallest absolute Gasteiger partial charge is 0.350 e. The lowest BCUT2D eigenvalue weighted by Crippen LogP contribution is -2.53. The summed E-state index contributed by atoms with van der Waals surface area (Å²) in [5.41, 5.74) is 3.36. The Bertz CT molecular complexity index is 900. The van der Waals surface area contributed by atoms with Gasteiger partial charge in [0.05, 0.1) is 5.56 Å². The SMILES string of the molecule is CN1CCc2cccc(-c3ccc(Cl)cc3)c2C12OC(=O)C=CC(=O)O2. The van der Waals surface area contributed by atoms with Crippen LogP contribution in [-0.4, -0.2) is 30.4 Å². The van der Waals surface area contributed by atoms with Crippen molar-refractivity contribution >= 4 is 23.5 Å². The zero-order chi connectivity index (χ0) is 18.3. The lowest BCUT2D eigenvalue weighted by atomic mass is 9.88. The molecular weight excluding hydrogens is 354 g/mol. The molecule has 0 aliphatic carbocycles. The Morgan fingerprint density at radius 1 is 1.00 bits per heavy atom. The van der Waals surface area contributed by atoms with Gasteiger partial charge < -0.3 is 9.47 Å². The number of benzene rings is 2. The Hall–Kier alpha value is -2.63. The highest BCUT2D eigenvalue weighted by Gasteiger charge is 2.50. The molecule has 0 saturated carbocycles. The van der Waals surface area contributed by atoms with Crippen molar-refractivity contribution in [3.63, 3.8) is 0 Å². The van der Waals surface area contributed by atoms with E-state index in [9.17, 15) is 9.59 Å². The summed E-state index contributed by atoms with van der Waals surface area (Å²) in [6.07, 6.45) is 2.92. The standard InChI is InChI=1S/C20H16ClNO4/c1-22-12-11-14-3-2-4-16(13-5-7-15(21)8-6-13)19(14)20(22)25-17(23)9-10-18(24)26-20/h2-10H,11-12H2,1H3. The lowest BCUT2D eigenvalue weighted by molar-refractivity contribution is -0.289. The molecule has 2 aliphatic heterocycles. The Morgan fingerprint density at radius 2 is 1.65 bits per heavy atom. The molecule has 0 aromatic heterocycles. The first-order chi connectivity index (χ1) is 12.5. The Morgan fingerprint density at radius 3 is 2.31 bits per heavy atom. The summed E-state index contributed by atoms with van der Waals surface area (Å²) in [7, 11) is 1.77. The van der Waals surface area contributed by atoms with Gasteiger partial charge in [-0.1, -0.05) is 41.9 Å². The summed E-state index contributed by atoms with van der Waals surface area (Å²) in [5, 5.41) is 0.627.